The predicted octanol–water partition coefficient (Wildman–Crippen LogP) is 2.17. The van der Waals surface area contributed by atoms with E-state index in [2.05, 4.69) is 4.98 Å². The first-order valence-electron chi connectivity index (χ1n) is 3.31. The fraction of sp³-hybridized carbons (Fsp3) is 0.143. The Hall–Kier alpha value is -0.870. The summed E-state index contributed by atoms with van der Waals surface area (Å²) < 4.78 is 1.75. The van der Waals surface area contributed by atoms with Gasteiger partial charge in [0.25, 0.3) is 0 Å². The van der Waals surface area contributed by atoms with Crippen LogP contribution in [0.25, 0.3) is 4.96 Å². The minimum absolute atomic E-state index is 0.278. The van der Waals surface area contributed by atoms with Gasteiger partial charge >= 0.3 is 0 Å². The van der Waals surface area contributed by atoms with Gasteiger partial charge in [0.1, 0.15) is 5.69 Å². The molecule has 0 bridgehead atoms. The third kappa shape index (κ3) is 0.884. The number of aromatic nitrogens is 2. The van der Waals surface area contributed by atoms with E-state index in [1.165, 1.54) is 11.3 Å². The highest BCUT2D eigenvalue weighted by atomic mass is 35.5. The molecule has 0 saturated carbocycles. The van der Waals surface area contributed by atoms with Crippen LogP contribution >= 0.6 is 22.9 Å². The van der Waals surface area contributed by atoms with Crippen LogP contribution in [-0.2, 0) is 0 Å². The first-order valence-corrected chi connectivity index (χ1v) is 4.57. The van der Waals surface area contributed by atoms with Crippen molar-refractivity contribution in [2.45, 2.75) is 6.92 Å². The van der Waals surface area contributed by atoms with Crippen molar-refractivity contribution in [1.29, 1.82) is 0 Å². The Balaban J connectivity index is 2.93. The molecule has 3 nitrogen and oxygen atoms in total. The minimum Gasteiger partial charge on any atom is -0.296 e. The molecule has 0 N–H and O–H groups in total. The van der Waals surface area contributed by atoms with Gasteiger partial charge in [-0.15, -0.1) is 11.3 Å². The number of carbonyl (C=O) groups excluding carboxylic acids is 1. The van der Waals surface area contributed by atoms with E-state index in [1.807, 2.05) is 12.3 Å². The maximum atomic E-state index is 10.6. The Morgan fingerprint density at radius 1 is 1.75 bits per heavy atom. The summed E-state index contributed by atoms with van der Waals surface area (Å²) >= 11 is 7.20. The molecule has 0 amide bonds. The van der Waals surface area contributed by atoms with Gasteiger partial charge in [-0.05, 0) is 6.92 Å². The summed E-state index contributed by atoms with van der Waals surface area (Å²) in [6, 6.07) is 0. The van der Waals surface area contributed by atoms with Crippen molar-refractivity contribution < 1.29 is 4.79 Å². The number of imidazole rings is 1. The van der Waals surface area contributed by atoms with Crippen molar-refractivity contribution in [2.24, 2.45) is 0 Å². The van der Waals surface area contributed by atoms with E-state index < -0.39 is 0 Å². The van der Waals surface area contributed by atoms with Crippen LogP contribution in [0.1, 0.15) is 16.2 Å². The number of aryl methyl sites for hydroxylation is 1. The normalized spacial score (nSPS) is 10.8. The molecule has 5 heteroatoms. The van der Waals surface area contributed by atoms with Crippen LogP contribution in [0, 0.1) is 6.92 Å². The van der Waals surface area contributed by atoms with Crippen LogP contribution < -0.4 is 0 Å². The number of nitrogens with zero attached hydrogens (tertiary/aromatic N) is 2. The first kappa shape index (κ1) is 7.76. The second-order valence-corrected chi connectivity index (χ2v) is 3.60. The number of hydrogen-bond acceptors (Lipinski definition) is 3. The summed E-state index contributed by atoms with van der Waals surface area (Å²) in [4.78, 5) is 15.4. The molecule has 2 rings (SSSR count). The maximum Gasteiger partial charge on any atom is 0.195 e. The molecule has 0 aliphatic rings. The number of carbonyl (C=O) groups is 1. The first-order chi connectivity index (χ1) is 5.74. The molecule has 2 aromatic heterocycles. The summed E-state index contributed by atoms with van der Waals surface area (Å²) in [5, 5.41) is 2.21. The van der Waals surface area contributed by atoms with Crippen LogP contribution in [0.4, 0.5) is 0 Å². The molecule has 0 saturated heterocycles. The maximum absolute atomic E-state index is 10.6. The molecule has 0 unspecified atom stereocenters. The van der Waals surface area contributed by atoms with Crippen LogP contribution in [0.15, 0.2) is 5.38 Å². The van der Waals surface area contributed by atoms with Gasteiger partial charge in [-0.25, -0.2) is 4.98 Å². The smallest absolute Gasteiger partial charge is 0.195 e. The molecule has 0 aromatic carbocycles. The number of hydrogen-bond donors (Lipinski definition) is 0. The molecule has 0 spiro atoms. The molecule has 2 heterocycles. The third-order valence-corrected chi connectivity index (χ3v) is 2.86. The average molecular weight is 201 g/mol. The molecule has 0 atom stereocenters. The zero-order valence-corrected chi connectivity index (χ0v) is 7.82. The second-order valence-electron chi connectivity index (χ2n) is 2.40. The largest absolute Gasteiger partial charge is 0.296 e. The van der Waals surface area contributed by atoms with Crippen molar-refractivity contribution in [3.63, 3.8) is 0 Å². The summed E-state index contributed by atoms with van der Waals surface area (Å²) in [5.74, 6) is 0. The van der Waals surface area contributed by atoms with Gasteiger partial charge in [0.15, 0.2) is 16.4 Å². The number of fused-ring (bicyclic) bond motifs is 1. The van der Waals surface area contributed by atoms with Crippen LogP contribution in [0.5, 0.6) is 0 Å². The lowest BCUT2D eigenvalue weighted by molar-refractivity contribution is 0.111. The van der Waals surface area contributed by atoms with Crippen molar-refractivity contribution in [2.75, 3.05) is 0 Å². The van der Waals surface area contributed by atoms with E-state index in [9.17, 15) is 4.79 Å². The Labute approximate surface area is 77.6 Å². The molecule has 0 fully saturated rings. The van der Waals surface area contributed by atoms with Crippen LogP contribution in [-0.4, -0.2) is 15.7 Å². The third-order valence-electron chi connectivity index (χ3n) is 1.64. The predicted molar refractivity (Wildman–Crippen MR) is 48.2 cm³/mol. The van der Waals surface area contributed by atoms with Crippen LogP contribution in [0.3, 0.4) is 0 Å². The van der Waals surface area contributed by atoms with E-state index in [0.29, 0.717) is 5.69 Å². The van der Waals surface area contributed by atoms with Gasteiger partial charge in [0, 0.05) is 11.1 Å². The van der Waals surface area contributed by atoms with Gasteiger partial charge in [-0.3, -0.25) is 9.20 Å². The Bertz CT molecular complexity index is 445. The summed E-state index contributed by atoms with van der Waals surface area (Å²) in [6.45, 7) is 1.91. The van der Waals surface area contributed by atoms with E-state index >= 15 is 0 Å². The van der Waals surface area contributed by atoms with E-state index in [4.69, 9.17) is 11.6 Å². The lowest BCUT2D eigenvalue weighted by Gasteiger charge is -1.90. The summed E-state index contributed by atoms with van der Waals surface area (Å²) in [7, 11) is 0. The molecule has 2 aromatic rings. The SMILES string of the molecule is Cc1csc2nc(Cl)c(C=O)n12. The summed E-state index contributed by atoms with van der Waals surface area (Å²) in [6.07, 6.45) is 0.724. The lowest BCUT2D eigenvalue weighted by atomic mass is 10.5. The van der Waals surface area contributed by atoms with Crippen molar-refractivity contribution >= 4 is 34.2 Å². The molecule has 62 valence electrons. The molecule has 0 radical (unpaired) electrons. The average Bonchev–Trinajstić information content (AvgIpc) is 2.52. The minimum atomic E-state index is 0.278. The van der Waals surface area contributed by atoms with Crippen molar-refractivity contribution in [1.82, 2.24) is 9.38 Å². The number of halogens is 1. The van der Waals surface area contributed by atoms with Crippen LogP contribution in [0.2, 0.25) is 5.15 Å². The topological polar surface area (TPSA) is 34.4 Å². The quantitative estimate of drug-likeness (QED) is 0.662. The second kappa shape index (κ2) is 2.57. The summed E-state index contributed by atoms with van der Waals surface area (Å²) in [5.41, 5.74) is 1.42. The fourth-order valence-corrected chi connectivity index (χ4v) is 2.23. The highest BCUT2D eigenvalue weighted by Crippen LogP contribution is 2.22. The van der Waals surface area contributed by atoms with E-state index in [0.717, 1.165) is 16.9 Å². The number of thiazole rings is 1. The highest BCUT2D eigenvalue weighted by molar-refractivity contribution is 7.15. The van der Waals surface area contributed by atoms with Gasteiger partial charge in [0.2, 0.25) is 0 Å². The molecular formula is C7H5ClN2OS. The standard InChI is InChI=1S/C7H5ClN2OS/c1-4-3-12-7-9-6(8)5(2-11)10(4)7/h2-3H,1H3. The van der Waals surface area contributed by atoms with Gasteiger partial charge in [0.05, 0.1) is 0 Å². The van der Waals surface area contributed by atoms with Gasteiger partial charge in [-0.1, -0.05) is 11.6 Å². The van der Waals surface area contributed by atoms with Crippen molar-refractivity contribution in [3.8, 4) is 0 Å². The molecule has 0 aliphatic carbocycles. The Morgan fingerprint density at radius 3 is 3.17 bits per heavy atom. The molecule has 0 aliphatic heterocycles. The Morgan fingerprint density at radius 2 is 2.50 bits per heavy atom. The van der Waals surface area contributed by atoms with E-state index in [1.54, 1.807) is 4.40 Å². The van der Waals surface area contributed by atoms with Crippen molar-refractivity contribution in [3.05, 3.63) is 21.9 Å². The Kier molecular flexibility index (Phi) is 1.66. The number of aldehydes is 1. The monoisotopic (exact) mass is 200 g/mol. The zero-order chi connectivity index (χ0) is 8.72. The molecular weight excluding hydrogens is 196 g/mol. The highest BCUT2D eigenvalue weighted by Gasteiger charge is 2.11. The fourth-order valence-electron chi connectivity index (χ4n) is 1.10. The molecule has 12 heavy (non-hydrogen) atoms. The lowest BCUT2D eigenvalue weighted by Crippen LogP contribution is -1.90. The van der Waals surface area contributed by atoms with Gasteiger partial charge in [-0.2, -0.15) is 0 Å². The van der Waals surface area contributed by atoms with E-state index in [-0.39, 0.29) is 5.15 Å². The van der Waals surface area contributed by atoms with Gasteiger partial charge < -0.3 is 0 Å². The zero-order valence-electron chi connectivity index (χ0n) is 6.24. The number of rotatable bonds is 1.